The molecule has 1 aromatic heterocycles. The first kappa shape index (κ1) is 10.2. The van der Waals surface area contributed by atoms with Gasteiger partial charge in [0.25, 0.3) is 0 Å². The largest absolute Gasteiger partial charge is 0.392 e. The van der Waals surface area contributed by atoms with E-state index in [0.717, 1.165) is 11.3 Å². The van der Waals surface area contributed by atoms with Crippen molar-refractivity contribution in [1.82, 2.24) is 4.98 Å². The standard InChI is InChI=1S/C10H16N2O/c1-7(2)10(11)9-4-3-8(6-13)5-12-9/h3-5,7,10,13H,6,11H2,1-2H3. The van der Waals surface area contributed by atoms with Crippen molar-refractivity contribution in [2.24, 2.45) is 11.7 Å². The van der Waals surface area contributed by atoms with E-state index in [1.54, 1.807) is 6.20 Å². The maximum absolute atomic E-state index is 8.81. The zero-order chi connectivity index (χ0) is 9.84. The highest BCUT2D eigenvalue weighted by molar-refractivity contribution is 5.15. The molecule has 0 saturated carbocycles. The highest BCUT2D eigenvalue weighted by Crippen LogP contribution is 2.16. The second kappa shape index (κ2) is 4.35. The maximum Gasteiger partial charge on any atom is 0.0696 e. The highest BCUT2D eigenvalue weighted by atomic mass is 16.3. The lowest BCUT2D eigenvalue weighted by atomic mass is 10.0. The quantitative estimate of drug-likeness (QED) is 0.735. The summed E-state index contributed by atoms with van der Waals surface area (Å²) in [6.45, 7) is 4.16. The number of rotatable bonds is 3. The van der Waals surface area contributed by atoms with Crippen molar-refractivity contribution >= 4 is 0 Å². The molecule has 0 spiro atoms. The number of hydrogen-bond donors (Lipinski definition) is 2. The topological polar surface area (TPSA) is 59.1 Å². The van der Waals surface area contributed by atoms with E-state index in [4.69, 9.17) is 10.8 Å². The predicted molar refractivity (Wildman–Crippen MR) is 51.9 cm³/mol. The van der Waals surface area contributed by atoms with E-state index in [2.05, 4.69) is 18.8 Å². The van der Waals surface area contributed by atoms with Crippen LogP contribution in [0.2, 0.25) is 0 Å². The number of hydrogen-bond acceptors (Lipinski definition) is 3. The molecule has 1 atom stereocenters. The summed E-state index contributed by atoms with van der Waals surface area (Å²) in [5.41, 5.74) is 7.61. The molecule has 0 radical (unpaired) electrons. The predicted octanol–water partition coefficient (Wildman–Crippen LogP) is 1.23. The summed E-state index contributed by atoms with van der Waals surface area (Å²) in [6.07, 6.45) is 1.66. The van der Waals surface area contributed by atoms with Gasteiger partial charge in [-0.25, -0.2) is 0 Å². The Bertz CT molecular complexity index is 256. The molecular formula is C10H16N2O. The molecule has 13 heavy (non-hydrogen) atoms. The number of aliphatic hydroxyl groups excluding tert-OH is 1. The Morgan fingerprint density at radius 3 is 2.54 bits per heavy atom. The van der Waals surface area contributed by atoms with Gasteiger partial charge in [-0.2, -0.15) is 0 Å². The van der Waals surface area contributed by atoms with Gasteiger partial charge in [0.05, 0.1) is 12.3 Å². The number of aliphatic hydroxyl groups is 1. The van der Waals surface area contributed by atoms with Crippen molar-refractivity contribution in [3.8, 4) is 0 Å². The second-order valence-corrected chi connectivity index (χ2v) is 3.52. The van der Waals surface area contributed by atoms with Crippen LogP contribution in [-0.2, 0) is 6.61 Å². The number of nitrogens with zero attached hydrogens (tertiary/aromatic N) is 1. The molecule has 0 aliphatic carbocycles. The first-order chi connectivity index (χ1) is 6.15. The van der Waals surface area contributed by atoms with Crippen molar-refractivity contribution in [2.45, 2.75) is 26.5 Å². The Kier molecular flexibility index (Phi) is 3.39. The minimum atomic E-state index is -0.0206. The van der Waals surface area contributed by atoms with E-state index in [9.17, 15) is 0 Å². The lowest BCUT2D eigenvalue weighted by Gasteiger charge is -2.14. The first-order valence-electron chi connectivity index (χ1n) is 4.46. The zero-order valence-corrected chi connectivity index (χ0v) is 8.07. The summed E-state index contributed by atoms with van der Waals surface area (Å²) in [7, 11) is 0. The van der Waals surface area contributed by atoms with Crippen LogP contribution in [0.1, 0.15) is 31.1 Å². The molecule has 1 heterocycles. The fraction of sp³-hybridized carbons (Fsp3) is 0.500. The van der Waals surface area contributed by atoms with Crippen LogP contribution in [0.25, 0.3) is 0 Å². The van der Waals surface area contributed by atoms with Gasteiger partial charge in [0.15, 0.2) is 0 Å². The van der Waals surface area contributed by atoms with Gasteiger partial charge in [-0.15, -0.1) is 0 Å². The van der Waals surface area contributed by atoms with Crippen molar-refractivity contribution < 1.29 is 5.11 Å². The van der Waals surface area contributed by atoms with Crippen molar-refractivity contribution in [2.75, 3.05) is 0 Å². The summed E-state index contributed by atoms with van der Waals surface area (Å²) in [5.74, 6) is 0.382. The molecule has 3 nitrogen and oxygen atoms in total. The fourth-order valence-electron chi connectivity index (χ4n) is 1.07. The Labute approximate surface area is 78.6 Å². The van der Waals surface area contributed by atoms with Crippen LogP contribution in [0.4, 0.5) is 0 Å². The molecule has 1 unspecified atom stereocenters. The van der Waals surface area contributed by atoms with Gasteiger partial charge in [-0.1, -0.05) is 19.9 Å². The number of aromatic nitrogens is 1. The Morgan fingerprint density at radius 1 is 1.46 bits per heavy atom. The molecule has 0 fully saturated rings. The van der Waals surface area contributed by atoms with Gasteiger partial charge in [0, 0.05) is 12.2 Å². The van der Waals surface area contributed by atoms with Gasteiger partial charge < -0.3 is 10.8 Å². The van der Waals surface area contributed by atoms with Crippen molar-refractivity contribution in [3.63, 3.8) is 0 Å². The molecule has 1 rings (SSSR count). The van der Waals surface area contributed by atoms with Gasteiger partial charge in [-0.05, 0) is 17.5 Å². The fourth-order valence-corrected chi connectivity index (χ4v) is 1.07. The summed E-state index contributed by atoms with van der Waals surface area (Å²) in [5, 5.41) is 8.81. The first-order valence-corrected chi connectivity index (χ1v) is 4.46. The molecule has 72 valence electrons. The number of pyridine rings is 1. The summed E-state index contributed by atoms with van der Waals surface area (Å²) in [4.78, 5) is 4.19. The van der Waals surface area contributed by atoms with E-state index >= 15 is 0 Å². The van der Waals surface area contributed by atoms with Crippen LogP contribution in [-0.4, -0.2) is 10.1 Å². The van der Waals surface area contributed by atoms with Crippen molar-refractivity contribution in [3.05, 3.63) is 29.6 Å². The van der Waals surface area contributed by atoms with Crippen LogP contribution < -0.4 is 5.73 Å². The molecule has 0 bridgehead atoms. The lowest BCUT2D eigenvalue weighted by Crippen LogP contribution is -2.17. The number of nitrogens with two attached hydrogens (primary N) is 1. The molecular weight excluding hydrogens is 164 g/mol. The molecule has 3 N–H and O–H groups in total. The van der Waals surface area contributed by atoms with Gasteiger partial charge in [0.2, 0.25) is 0 Å². The SMILES string of the molecule is CC(C)C(N)c1ccc(CO)cn1. The minimum Gasteiger partial charge on any atom is -0.392 e. The smallest absolute Gasteiger partial charge is 0.0696 e. The third-order valence-corrected chi connectivity index (χ3v) is 2.09. The van der Waals surface area contributed by atoms with Gasteiger partial charge in [0.1, 0.15) is 0 Å². The lowest BCUT2D eigenvalue weighted by molar-refractivity contribution is 0.281. The molecule has 3 heteroatoms. The van der Waals surface area contributed by atoms with Crippen LogP contribution in [0, 0.1) is 5.92 Å². The monoisotopic (exact) mass is 180 g/mol. The van der Waals surface area contributed by atoms with Gasteiger partial charge >= 0.3 is 0 Å². The molecule has 0 aliphatic heterocycles. The molecule has 0 saturated heterocycles. The van der Waals surface area contributed by atoms with E-state index in [1.165, 1.54) is 0 Å². The summed E-state index contributed by atoms with van der Waals surface area (Å²) < 4.78 is 0. The third-order valence-electron chi connectivity index (χ3n) is 2.09. The van der Waals surface area contributed by atoms with E-state index in [1.807, 2.05) is 12.1 Å². The Morgan fingerprint density at radius 2 is 2.15 bits per heavy atom. The average Bonchev–Trinajstić information content (AvgIpc) is 2.17. The van der Waals surface area contributed by atoms with Crippen LogP contribution in [0.3, 0.4) is 0 Å². The Balaban J connectivity index is 2.79. The second-order valence-electron chi connectivity index (χ2n) is 3.52. The Hall–Kier alpha value is -0.930. The minimum absolute atomic E-state index is 0.0206. The van der Waals surface area contributed by atoms with E-state index in [0.29, 0.717) is 5.92 Å². The molecule has 0 aliphatic rings. The third kappa shape index (κ3) is 2.50. The summed E-state index contributed by atoms with van der Waals surface area (Å²) >= 11 is 0. The average molecular weight is 180 g/mol. The van der Waals surface area contributed by atoms with Crippen LogP contribution >= 0.6 is 0 Å². The normalized spacial score (nSPS) is 13.3. The molecule has 1 aromatic rings. The van der Waals surface area contributed by atoms with Gasteiger partial charge in [-0.3, -0.25) is 4.98 Å². The molecule has 0 amide bonds. The van der Waals surface area contributed by atoms with E-state index < -0.39 is 0 Å². The van der Waals surface area contributed by atoms with Crippen molar-refractivity contribution in [1.29, 1.82) is 0 Å². The van der Waals surface area contributed by atoms with Crippen LogP contribution in [0.15, 0.2) is 18.3 Å². The molecule has 0 aromatic carbocycles. The maximum atomic E-state index is 8.81. The highest BCUT2D eigenvalue weighted by Gasteiger charge is 2.10. The van der Waals surface area contributed by atoms with E-state index in [-0.39, 0.29) is 12.6 Å². The van der Waals surface area contributed by atoms with Crippen LogP contribution in [0.5, 0.6) is 0 Å². The summed E-state index contributed by atoms with van der Waals surface area (Å²) in [6, 6.07) is 3.70. The zero-order valence-electron chi connectivity index (χ0n) is 8.07.